The normalized spacial score (nSPS) is 25.6. The lowest BCUT2D eigenvalue weighted by molar-refractivity contribution is 0.202. The summed E-state index contributed by atoms with van der Waals surface area (Å²) in [6, 6.07) is 7.71. The SMILES string of the molecule is Cc1ccc(C(CN)N2CCC(N3CCCC3)C2)c(Br)c1. The summed E-state index contributed by atoms with van der Waals surface area (Å²) in [6.07, 6.45) is 4.04. The Morgan fingerprint density at radius 3 is 2.71 bits per heavy atom. The standard InChI is InChI=1S/C17H26BrN3/c1-13-4-5-15(16(18)10-13)17(11-19)21-9-6-14(12-21)20-7-2-3-8-20/h4-5,10,14,17H,2-3,6-9,11-12,19H2,1H3. The van der Waals surface area contributed by atoms with E-state index in [1.54, 1.807) is 0 Å². The second-order valence-corrected chi connectivity index (χ2v) is 7.31. The fourth-order valence-electron chi connectivity index (χ4n) is 3.83. The molecule has 2 aliphatic heterocycles. The maximum Gasteiger partial charge on any atom is 0.0482 e. The number of halogens is 1. The van der Waals surface area contributed by atoms with Crippen LogP contribution in [0.5, 0.6) is 0 Å². The van der Waals surface area contributed by atoms with Crippen molar-refractivity contribution >= 4 is 15.9 Å². The third-order valence-electron chi connectivity index (χ3n) is 5.03. The van der Waals surface area contributed by atoms with Gasteiger partial charge in [-0.1, -0.05) is 28.1 Å². The van der Waals surface area contributed by atoms with E-state index in [0.29, 0.717) is 12.6 Å². The molecule has 4 heteroatoms. The number of likely N-dealkylation sites (tertiary alicyclic amines) is 2. The summed E-state index contributed by atoms with van der Waals surface area (Å²) in [6.45, 7) is 7.74. The van der Waals surface area contributed by atoms with E-state index in [0.717, 1.165) is 6.04 Å². The number of nitrogens with two attached hydrogens (primary N) is 1. The van der Waals surface area contributed by atoms with Gasteiger partial charge in [0, 0.05) is 36.2 Å². The van der Waals surface area contributed by atoms with Crippen LogP contribution in [0.2, 0.25) is 0 Å². The van der Waals surface area contributed by atoms with Crippen LogP contribution in [0.1, 0.15) is 36.4 Å². The Morgan fingerprint density at radius 1 is 1.29 bits per heavy atom. The first-order chi connectivity index (χ1) is 10.2. The molecule has 2 unspecified atom stereocenters. The lowest BCUT2D eigenvalue weighted by Crippen LogP contribution is -2.38. The van der Waals surface area contributed by atoms with Crippen molar-refractivity contribution in [3.05, 3.63) is 33.8 Å². The molecule has 0 spiro atoms. The highest BCUT2D eigenvalue weighted by Crippen LogP contribution is 2.32. The molecule has 21 heavy (non-hydrogen) atoms. The first-order valence-corrected chi connectivity index (χ1v) is 8.92. The van der Waals surface area contributed by atoms with Gasteiger partial charge in [-0.3, -0.25) is 9.80 Å². The van der Waals surface area contributed by atoms with Gasteiger partial charge in [-0.15, -0.1) is 0 Å². The third kappa shape index (κ3) is 3.34. The topological polar surface area (TPSA) is 32.5 Å². The average molecular weight is 352 g/mol. The van der Waals surface area contributed by atoms with Crippen molar-refractivity contribution in [1.29, 1.82) is 0 Å². The maximum atomic E-state index is 6.11. The number of hydrogen-bond acceptors (Lipinski definition) is 3. The Morgan fingerprint density at radius 2 is 2.05 bits per heavy atom. The molecular weight excluding hydrogens is 326 g/mol. The summed E-state index contributed by atoms with van der Waals surface area (Å²) < 4.78 is 1.20. The lowest BCUT2D eigenvalue weighted by atomic mass is 10.0. The van der Waals surface area contributed by atoms with Crippen LogP contribution in [0, 0.1) is 6.92 Å². The minimum absolute atomic E-state index is 0.340. The summed E-state index contributed by atoms with van der Waals surface area (Å²) in [5.41, 5.74) is 8.74. The van der Waals surface area contributed by atoms with Crippen LogP contribution in [0.4, 0.5) is 0 Å². The lowest BCUT2D eigenvalue weighted by Gasteiger charge is -2.29. The molecule has 1 aromatic carbocycles. The second-order valence-electron chi connectivity index (χ2n) is 6.46. The number of aryl methyl sites for hydroxylation is 1. The van der Waals surface area contributed by atoms with Gasteiger partial charge in [-0.25, -0.2) is 0 Å². The molecule has 2 fully saturated rings. The molecule has 3 rings (SSSR count). The molecule has 2 atom stereocenters. The van der Waals surface area contributed by atoms with Crippen molar-refractivity contribution in [2.45, 2.75) is 38.3 Å². The van der Waals surface area contributed by atoms with E-state index in [-0.39, 0.29) is 0 Å². The van der Waals surface area contributed by atoms with Crippen molar-refractivity contribution in [1.82, 2.24) is 9.80 Å². The molecule has 0 amide bonds. The van der Waals surface area contributed by atoms with Crippen molar-refractivity contribution in [3.8, 4) is 0 Å². The van der Waals surface area contributed by atoms with Crippen LogP contribution in [-0.2, 0) is 0 Å². The summed E-state index contributed by atoms with van der Waals surface area (Å²) in [7, 11) is 0. The van der Waals surface area contributed by atoms with Crippen LogP contribution in [-0.4, -0.2) is 48.6 Å². The summed E-state index contributed by atoms with van der Waals surface area (Å²) in [5, 5.41) is 0. The Labute approximate surface area is 136 Å². The minimum Gasteiger partial charge on any atom is -0.329 e. The van der Waals surface area contributed by atoms with Gasteiger partial charge in [-0.2, -0.15) is 0 Å². The molecule has 2 aliphatic rings. The number of benzene rings is 1. The molecular formula is C17H26BrN3. The zero-order valence-electron chi connectivity index (χ0n) is 12.9. The highest BCUT2D eigenvalue weighted by Gasteiger charge is 2.33. The first-order valence-electron chi connectivity index (χ1n) is 8.13. The molecule has 2 heterocycles. The van der Waals surface area contributed by atoms with E-state index in [4.69, 9.17) is 5.73 Å². The Balaban J connectivity index is 1.72. The first kappa shape index (κ1) is 15.5. The largest absolute Gasteiger partial charge is 0.329 e. The molecule has 2 saturated heterocycles. The molecule has 2 N–H and O–H groups in total. The van der Waals surface area contributed by atoms with E-state index in [9.17, 15) is 0 Å². The van der Waals surface area contributed by atoms with Gasteiger partial charge >= 0.3 is 0 Å². The van der Waals surface area contributed by atoms with Crippen LogP contribution >= 0.6 is 15.9 Å². The van der Waals surface area contributed by atoms with Gasteiger partial charge in [0.25, 0.3) is 0 Å². The average Bonchev–Trinajstić information content (AvgIpc) is 3.12. The summed E-state index contributed by atoms with van der Waals surface area (Å²) in [4.78, 5) is 5.26. The fourth-order valence-corrected chi connectivity index (χ4v) is 4.59. The molecule has 116 valence electrons. The van der Waals surface area contributed by atoms with Gasteiger partial charge in [0.1, 0.15) is 0 Å². The van der Waals surface area contributed by atoms with Gasteiger partial charge in [0.2, 0.25) is 0 Å². The molecule has 0 saturated carbocycles. The van der Waals surface area contributed by atoms with Crippen molar-refractivity contribution in [3.63, 3.8) is 0 Å². The molecule has 0 aliphatic carbocycles. The maximum absolute atomic E-state index is 6.11. The molecule has 0 aromatic heterocycles. The monoisotopic (exact) mass is 351 g/mol. The smallest absolute Gasteiger partial charge is 0.0482 e. The van der Waals surface area contributed by atoms with E-state index >= 15 is 0 Å². The predicted molar refractivity (Wildman–Crippen MR) is 91.5 cm³/mol. The van der Waals surface area contributed by atoms with Crippen molar-refractivity contribution in [2.24, 2.45) is 5.73 Å². The highest BCUT2D eigenvalue weighted by atomic mass is 79.9. The van der Waals surface area contributed by atoms with Crippen LogP contribution in [0.25, 0.3) is 0 Å². The Bertz CT molecular complexity index is 485. The summed E-state index contributed by atoms with van der Waals surface area (Å²) in [5.74, 6) is 0. The quantitative estimate of drug-likeness (QED) is 0.904. The van der Waals surface area contributed by atoms with Crippen LogP contribution < -0.4 is 5.73 Å². The highest BCUT2D eigenvalue weighted by molar-refractivity contribution is 9.10. The Hall–Kier alpha value is -0.420. The van der Waals surface area contributed by atoms with E-state index in [2.05, 4.69) is 50.9 Å². The van der Waals surface area contributed by atoms with Gasteiger partial charge in [-0.05, 0) is 56.5 Å². The van der Waals surface area contributed by atoms with Gasteiger partial charge in [0.05, 0.1) is 0 Å². The number of nitrogens with zero attached hydrogens (tertiary/aromatic N) is 2. The molecule has 3 nitrogen and oxygen atoms in total. The van der Waals surface area contributed by atoms with Crippen molar-refractivity contribution in [2.75, 3.05) is 32.7 Å². The molecule has 0 radical (unpaired) electrons. The number of rotatable bonds is 4. The third-order valence-corrected chi connectivity index (χ3v) is 5.72. The second kappa shape index (κ2) is 6.78. The number of hydrogen-bond donors (Lipinski definition) is 1. The van der Waals surface area contributed by atoms with Gasteiger partial charge < -0.3 is 5.73 Å². The van der Waals surface area contributed by atoms with Crippen molar-refractivity contribution < 1.29 is 0 Å². The van der Waals surface area contributed by atoms with Gasteiger partial charge in [0.15, 0.2) is 0 Å². The van der Waals surface area contributed by atoms with E-state index < -0.39 is 0 Å². The zero-order chi connectivity index (χ0) is 14.8. The minimum atomic E-state index is 0.340. The van der Waals surface area contributed by atoms with Crippen LogP contribution in [0.3, 0.4) is 0 Å². The summed E-state index contributed by atoms with van der Waals surface area (Å²) >= 11 is 3.72. The molecule has 0 bridgehead atoms. The fraction of sp³-hybridized carbons (Fsp3) is 0.647. The van der Waals surface area contributed by atoms with Crippen LogP contribution in [0.15, 0.2) is 22.7 Å². The predicted octanol–water partition coefficient (Wildman–Crippen LogP) is 2.93. The zero-order valence-corrected chi connectivity index (χ0v) is 14.5. The Kier molecular flexibility index (Phi) is 4.99. The van der Waals surface area contributed by atoms with E-state index in [1.165, 1.54) is 61.0 Å². The van der Waals surface area contributed by atoms with E-state index in [1.807, 2.05) is 0 Å². The molecule has 1 aromatic rings.